The zero-order chi connectivity index (χ0) is 58.5. The number of guanidine groups is 1. The molecule has 2 aromatic carbocycles. The fourth-order valence-corrected chi connectivity index (χ4v) is 9.20. The number of nitrogens with zero attached hydrogens (tertiary/aromatic N) is 6. The second-order valence-electron chi connectivity index (χ2n) is 20.6. The molecule has 3 aromatic rings. The number of nitrogens with one attached hydrogen (secondary N) is 8. The first-order valence-corrected chi connectivity index (χ1v) is 27.3. The van der Waals surface area contributed by atoms with E-state index in [1.807, 2.05) is 38.7 Å². The van der Waals surface area contributed by atoms with Crippen molar-refractivity contribution in [2.75, 3.05) is 57.8 Å². The Kier molecular flexibility index (Phi) is 24.3. The van der Waals surface area contributed by atoms with Crippen LogP contribution < -0.4 is 64.9 Å². The highest BCUT2D eigenvalue weighted by Crippen LogP contribution is 2.22. The van der Waals surface area contributed by atoms with Gasteiger partial charge in [-0.15, -0.1) is 0 Å². The van der Waals surface area contributed by atoms with Crippen molar-refractivity contribution < 1.29 is 38.7 Å². The second kappa shape index (κ2) is 31.0. The second-order valence-corrected chi connectivity index (χ2v) is 20.6. The summed E-state index contributed by atoms with van der Waals surface area (Å²) >= 11 is 0. The van der Waals surface area contributed by atoms with E-state index < -0.39 is 77.9 Å². The van der Waals surface area contributed by atoms with Crippen molar-refractivity contribution in [3.05, 3.63) is 64.7 Å². The number of amidine groups is 1. The molecule has 436 valence electrons. The molecule has 3 heterocycles. The van der Waals surface area contributed by atoms with Gasteiger partial charge in [-0.2, -0.15) is 0 Å². The predicted octanol–water partition coefficient (Wildman–Crippen LogP) is -1.15. The summed E-state index contributed by atoms with van der Waals surface area (Å²) in [6.45, 7) is 9.46. The summed E-state index contributed by atoms with van der Waals surface area (Å²) in [4.78, 5) is 127. The molecule has 15 N–H and O–H groups in total. The fourth-order valence-electron chi connectivity index (χ4n) is 9.20. The van der Waals surface area contributed by atoms with Crippen LogP contribution >= 0.6 is 0 Å². The molecule has 7 atom stereocenters. The van der Waals surface area contributed by atoms with Crippen molar-refractivity contribution >= 4 is 76.0 Å². The van der Waals surface area contributed by atoms with Gasteiger partial charge in [-0.1, -0.05) is 46.2 Å². The van der Waals surface area contributed by atoms with E-state index in [4.69, 9.17) is 22.6 Å². The summed E-state index contributed by atoms with van der Waals surface area (Å²) in [6, 6.07) is 4.78. The fraction of sp³-hybridized carbons (Fsp3) is 0.556. The number of amides is 7. The van der Waals surface area contributed by atoms with Gasteiger partial charge in [-0.05, 0) is 92.8 Å². The molecule has 1 fully saturated rings. The van der Waals surface area contributed by atoms with Crippen LogP contribution in [0.15, 0.2) is 63.6 Å². The molecule has 0 saturated carbocycles. The number of phenols is 1. The number of likely N-dealkylation sites (N-methyl/N-ethyl adjacent to an activating group) is 1. The average Bonchev–Trinajstić information content (AvgIpc) is 3.98. The Bertz CT molecular complexity index is 2760. The van der Waals surface area contributed by atoms with Crippen LogP contribution in [0.3, 0.4) is 0 Å². The van der Waals surface area contributed by atoms with Crippen LogP contribution in [0.1, 0.15) is 84.6 Å². The molecule has 80 heavy (non-hydrogen) atoms. The number of benzene rings is 2. The normalized spacial score (nSPS) is 15.8. The number of rotatable bonds is 30. The molecule has 2 aliphatic rings. The largest absolute Gasteiger partial charge is 0.508 e. The van der Waals surface area contributed by atoms with Crippen LogP contribution in [-0.4, -0.2) is 168 Å². The molecule has 2 aliphatic heterocycles. The van der Waals surface area contributed by atoms with E-state index in [1.54, 1.807) is 29.2 Å². The predicted molar refractivity (Wildman–Crippen MR) is 305 cm³/mol. The van der Waals surface area contributed by atoms with E-state index in [1.165, 1.54) is 31.7 Å². The van der Waals surface area contributed by atoms with E-state index in [2.05, 4.69) is 52.2 Å². The molecule has 0 radical (unpaired) electrons. The molecular formula is C54H81N17O9. The van der Waals surface area contributed by atoms with Crippen LogP contribution in [0.25, 0.3) is 10.9 Å². The zero-order valence-corrected chi connectivity index (χ0v) is 46.5. The maximum absolute atomic E-state index is 14.4. The van der Waals surface area contributed by atoms with Gasteiger partial charge in [0.1, 0.15) is 48.3 Å². The molecule has 7 amide bonds. The lowest BCUT2D eigenvalue weighted by Gasteiger charge is -2.38. The summed E-state index contributed by atoms with van der Waals surface area (Å²) in [5.41, 5.74) is 18.5. The average molecular weight is 1110 g/mol. The van der Waals surface area contributed by atoms with Crippen LogP contribution in [0.4, 0.5) is 5.69 Å². The van der Waals surface area contributed by atoms with E-state index in [-0.39, 0.29) is 85.4 Å². The van der Waals surface area contributed by atoms with Crippen molar-refractivity contribution in [2.45, 2.75) is 128 Å². The lowest BCUT2D eigenvalue weighted by Crippen LogP contribution is -2.59. The van der Waals surface area contributed by atoms with Crippen LogP contribution in [0, 0.1) is 17.2 Å². The number of fused-ring (bicyclic) bond motifs is 1. The standard InChI is InChI=1S/C54H81N17O9/c1-6-33(4)46(56)51(78)65-40(10-7-8-18-55)53(80)70-24-22-69(23-25-70)35-14-17-38-37(28-35)52(79)71(31-63-38)30-45(73)64-39(11-9-19-62-54(57)58)48(75)68-43(29-44-60-20-21-61-44)50(77)67-42(27-34-12-15-36(72)16-13-34)49(76)66-41(26-32(2)3)47(74)59-5/h12-17,20,28,31-33,39-43,46,72H,6-11,18-19,21-27,29-30,55-56H2,1-5H3,(H,59,74)(H,64,73)(H,65,78)(H,66,76)(H,67,77)(H,68,75)(H4,57,58,62)/t33-,39-,40+,41-,42-,43-,46-/m0/s1. The Balaban J connectivity index is 1.32. The Morgan fingerprint density at radius 2 is 1.41 bits per heavy atom. The highest BCUT2D eigenvalue weighted by molar-refractivity contribution is 6.01. The minimum atomic E-state index is -1.40. The number of carbonyl (C=O) groups is 7. The van der Waals surface area contributed by atoms with Crippen LogP contribution in [0.5, 0.6) is 5.75 Å². The topological polar surface area (TPSA) is 392 Å². The van der Waals surface area contributed by atoms with Crippen molar-refractivity contribution in [3.63, 3.8) is 0 Å². The SMILES string of the molecule is CC[C@H](C)[C@H](N)C(=O)N[C@H](CCCCN)C(=O)N1CCN(c2ccc3ncn(CC(=O)N[C@@H](CCCNC(=N)N)C(=O)N[C@@H](CC4=NCC=N4)C(=O)N[C@@H](Cc4ccc(O)cc4)C(=O)N[C@@H](CC(C)C)C(=O)NC)c(=O)c3c2)CC1. The molecule has 0 spiro atoms. The van der Waals surface area contributed by atoms with Gasteiger partial charge in [0.2, 0.25) is 41.4 Å². The number of hydrogen-bond acceptors (Lipinski definition) is 16. The van der Waals surface area contributed by atoms with Gasteiger partial charge in [0, 0.05) is 64.5 Å². The van der Waals surface area contributed by atoms with Crippen molar-refractivity contribution in [3.8, 4) is 5.75 Å². The Morgan fingerprint density at radius 1 is 0.775 bits per heavy atom. The monoisotopic (exact) mass is 1110 g/mol. The van der Waals surface area contributed by atoms with E-state index in [9.17, 15) is 43.5 Å². The molecule has 1 saturated heterocycles. The number of aromatic hydroxyl groups is 1. The highest BCUT2D eigenvalue weighted by Gasteiger charge is 2.34. The molecule has 1 aromatic heterocycles. The van der Waals surface area contributed by atoms with Gasteiger partial charge in [-0.3, -0.25) is 53.3 Å². The molecule has 0 aliphatic carbocycles. The maximum atomic E-state index is 14.4. The molecule has 26 nitrogen and oxygen atoms in total. The zero-order valence-electron chi connectivity index (χ0n) is 46.5. The number of piperazine rings is 1. The van der Waals surface area contributed by atoms with Crippen LogP contribution in [-0.2, 0) is 46.5 Å². The van der Waals surface area contributed by atoms with Crippen molar-refractivity contribution in [1.29, 1.82) is 5.41 Å². The number of carbonyl (C=O) groups excluding carboxylic acids is 7. The van der Waals surface area contributed by atoms with E-state index in [0.29, 0.717) is 81.6 Å². The lowest BCUT2D eigenvalue weighted by atomic mass is 9.98. The Labute approximate surface area is 465 Å². The number of hydrogen-bond donors (Lipinski definition) is 12. The molecular weight excluding hydrogens is 1030 g/mol. The first-order chi connectivity index (χ1) is 38.2. The smallest absolute Gasteiger partial charge is 0.261 e. The summed E-state index contributed by atoms with van der Waals surface area (Å²) in [6.07, 6.45) is 5.45. The lowest BCUT2D eigenvalue weighted by molar-refractivity contribution is -0.137. The van der Waals surface area contributed by atoms with Crippen molar-refractivity contribution in [1.82, 2.24) is 51.7 Å². The van der Waals surface area contributed by atoms with Gasteiger partial charge < -0.3 is 69.3 Å². The van der Waals surface area contributed by atoms with Gasteiger partial charge in [0.15, 0.2) is 5.96 Å². The van der Waals surface area contributed by atoms with Crippen LogP contribution in [0.2, 0.25) is 0 Å². The third-order valence-corrected chi connectivity index (χ3v) is 14.0. The van der Waals surface area contributed by atoms with Gasteiger partial charge in [0.05, 0.1) is 29.8 Å². The summed E-state index contributed by atoms with van der Waals surface area (Å²) in [5.74, 6) is -4.18. The maximum Gasteiger partial charge on any atom is 0.261 e. The molecule has 0 bridgehead atoms. The minimum absolute atomic E-state index is 0.0146. The highest BCUT2D eigenvalue weighted by atomic mass is 16.3. The third kappa shape index (κ3) is 18.8. The summed E-state index contributed by atoms with van der Waals surface area (Å²) in [5, 5.41) is 36.8. The number of aliphatic imine (C=N–C) groups is 2. The Hall–Kier alpha value is -8.00. The number of anilines is 1. The number of phenolic OH excluding ortho intramolecular Hbond substituents is 1. The quantitative estimate of drug-likeness (QED) is 0.0213. The summed E-state index contributed by atoms with van der Waals surface area (Å²) < 4.78 is 1.11. The first-order valence-electron chi connectivity index (χ1n) is 27.3. The summed E-state index contributed by atoms with van der Waals surface area (Å²) in [7, 11) is 1.45. The van der Waals surface area contributed by atoms with Crippen molar-refractivity contribution in [2.24, 2.45) is 39.0 Å². The molecule has 5 rings (SSSR count). The Morgan fingerprint density at radius 3 is 2.02 bits per heavy atom. The number of nitrogens with two attached hydrogens (primary N) is 3. The van der Waals surface area contributed by atoms with Gasteiger partial charge in [0.25, 0.3) is 5.56 Å². The van der Waals surface area contributed by atoms with E-state index >= 15 is 0 Å². The molecule has 26 heteroatoms. The first kappa shape index (κ1) is 62.8. The van der Waals surface area contributed by atoms with Gasteiger partial charge in [-0.25, -0.2) is 9.98 Å². The van der Waals surface area contributed by atoms with E-state index in [0.717, 1.165) is 4.57 Å². The number of unbranched alkanes of at least 4 members (excludes halogenated alkanes) is 1. The third-order valence-electron chi connectivity index (χ3n) is 14.0. The number of aromatic nitrogens is 2. The van der Waals surface area contributed by atoms with Gasteiger partial charge >= 0.3 is 0 Å². The minimum Gasteiger partial charge on any atom is -0.508 e. The molecule has 0 unspecified atom stereocenters.